The fourth-order valence-corrected chi connectivity index (χ4v) is 3.24. The van der Waals surface area contributed by atoms with Crippen molar-refractivity contribution in [3.8, 4) is 11.4 Å². The lowest BCUT2D eigenvalue weighted by Crippen LogP contribution is -2.40. The first-order chi connectivity index (χ1) is 13.1. The van der Waals surface area contributed by atoms with Crippen molar-refractivity contribution in [1.82, 2.24) is 19.1 Å². The Bertz CT molecular complexity index is 1100. The fourth-order valence-electron chi connectivity index (χ4n) is 3.24. The number of pyridine rings is 1. The zero-order chi connectivity index (χ0) is 19.0. The molecular formula is C19H23N6O2+. The molecule has 0 bridgehead atoms. The lowest BCUT2D eigenvalue weighted by molar-refractivity contribution is -0.335. The number of fused-ring (bicyclic) bond motifs is 1. The molecule has 27 heavy (non-hydrogen) atoms. The number of imidazole rings is 1. The van der Waals surface area contributed by atoms with Crippen LogP contribution in [0.25, 0.3) is 22.6 Å². The molecular weight excluding hydrogens is 344 g/mol. The number of nitrogens with zero attached hydrogens (tertiary/aromatic N) is 3. The van der Waals surface area contributed by atoms with Gasteiger partial charge in [0.2, 0.25) is 11.3 Å². The minimum Gasteiger partial charge on any atom is -0.367 e. The van der Waals surface area contributed by atoms with Crippen LogP contribution in [0.5, 0.6) is 0 Å². The third kappa shape index (κ3) is 3.07. The van der Waals surface area contributed by atoms with Crippen molar-refractivity contribution in [3.05, 3.63) is 51.8 Å². The van der Waals surface area contributed by atoms with E-state index in [2.05, 4.69) is 26.8 Å². The SMILES string of the molecule is C=CCNc1ccc(-c2[nH]c3c(=O)n(C4CC4)c(=O)n(CCC)c3[nH+]2)cn1. The first kappa shape index (κ1) is 17.3. The molecule has 0 aliphatic heterocycles. The van der Waals surface area contributed by atoms with Crippen molar-refractivity contribution in [1.29, 1.82) is 0 Å². The molecule has 0 aromatic carbocycles. The number of rotatable bonds is 7. The molecule has 4 rings (SSSR count). The molecule has 3 N–H and O–H groups in total. The molecule has 3 heterocycles. The molecule has 8 nitrogen and oxygen atoms in total. The number of hydrogen-bond donors (Lipinski definition) is 2. The van der Waals surface area contributed by atoms with Crippen LogP contribution in [0.15, 0.2) is 40.6 Å². The Morgan fingerprint density at radius 1 is 1.41 bits per heavy atom. The van der Waals surface area contributed by atoms with Gasteiger partial charge >= 0.3 is 11.2 Å². The van der Waals surface area contributed by atoms with Gasteiger partial charge in [0, 0.05) is 18.8 Å². The maximum atomic E-state index is 12.9. The molecule has 1 fully saturated rings. The smallest absolute Gasteiger partial charge is 0.367 e. The quantitative estimate of drug-likeness (QED) is 0.621. The van der Waals surface area contributed by atoms with Crippen molar-refractivity contribution in [2.75, 3.05) is 11.9 Å². The topological polar surface area (TPSA) is 98.8 Å². The van der Waals surface area contributed by atoms with E-state index >= 15 is 0 Å². The molecule has 3 aromatic rings. The van der Waals surface area contributed by atoms with E-state index < -0.39 is 0 Å². The van der Waals surface area contributed by atoms with Crippen LogP contribution in [0.4, 0.5) is 5.82 Å². The highest BCUT2D eigenvalue weighted by atomic mass is 16.2. The molecule has 0 radical (unpaired) electrons. The second-order valence-corrected chi connectivity index (χ2v) is 6.79. The van der Waals surface area contributed by atoms with E-state index in [-0.39, 0.29) is 17.3 Å². The molecule has 140 valence electrons. The van der Waals surface area contributed by atoms with Gasteiger partial charge in [-0.1, -0.05) is 13.0 Å². The van der Waals surface area contributed by atoms with Crippen LogP contribution in [-0.4, -0.2) is 25.6 Å². The largest absolute Gasteiger partial charge is 0.389 e. The van der Waals surface area contributed by atoms with Gasteiger partial charge in [-0.05, 0) is 31.4 Å². The molecule has 0 saturated heterocycles. The Hall–Kier alpha value is -3.16. The van der Waals surface area contributed by atoms with Gasteiger partial charge in [-0.3, -0.25) is 9.78 Å². The van der Waals surface area contributed by atoms with E-state index in [0.29, 0.717) is 30.1 Å². The van der Waals surface area contributed by atoms with Gasteiger partial charge in [0.1, 0.15) is 5.82 Å². The van der Waals surface area contributed by atoms with Gasteiger partial charge < -0.3 is 5.32 Å². The Kier molecular flexibility index (Phi) is 4.39. The van der Waals surface area contributed by atoms with Crippen molar-refractivity contribution >= 4 is 17.0 Å². The minimum atomic E-state index is -0.260. The van der Waals surface area contributed by atoms with Crippen LogP contribution in [0, 0.1) is 0 Å². The summed E-state index contributed by atoms with van der Waals surface area (Å²) in [6.07, 6.45) is 6.05. The summed E-state index contributed by atoms with van der Waals surface area (Å²) in [6.45, 7) is 6.87. The van der Waals surface area contributed by atoms with Gasteiger partial charge in [-0.15, -0.1) is 6.58 Å². The Morgan fingerprint density at radius 3 is 2.85 bits per heavy atom. The maximum absolute atomic E-state index is 12.9. The zero-order valence-electron chi connectivity index (χ0n) is 15.3. The highest BCUT2D eigenvalue weighted by molar-refractivity contribution is 5.70. The highest BCUT2D eigenvalue weighted by Gasteiger charge is 2.32. The van der Waals surface area contributed by atoms with Crippen LogP contribution < -0.4 is 21.5 Å². The molecule has 0 amide bonds. The minimum absolute atomic E-state index is 0.0288. The lowest BCUT2D eigenvalue weighted by Gasteiger charge is -2.04. The average molecular weight is 367 g/mol. The molecule has 1 saturated carbocycles. The third-order valence-electron chi connectivity index (χ3n) is 4.71. The number of aromatic amines is 2. The number of aromatic nitrogens is 5. The maximum Gasteiger partial charge on any atom is 0.389 e. The average Bonchev–Trinajstić information content (AvgIpc) is 3.41. The molecule has 0 unspecified atom stereocenters. The number of H-pyrrole nitrogens is 2. The summed E-state index contributed by atoms with van der Waals surface area (Å²) in [7, 11) is 0. The Morgan fingerprint density at radius 2 is 2.22 bits per heavy atom. The normalized spacial score (nSPS) is 13.8. The summed E-state index contributed by atoms with van der Waals surface area (Å²) in [5.74, 6) is 1.40. The van der Waals surface area contributed by atoms with Gasteiger partial charge in [-0.25, -0.2) is 23.9 Å². The number of anilines is 1. The van der Waals surface area contributed by atoms with Crippen LogP contribution in [0.1, 0.15) is 32.2 Å². The molecule has 1 aliphatic carbocycles. The van der Waals surface area contributed by atoms with E-state index in [1.54, 1.807) is 16.8 Å². The molecule has 0 atom stereocenters. The predicted octanol–water partition coefficient (Wildman–Crippen LogP) is 1.71. The number of nitrogens with one attached hydrogen (secondary N) is 3. The zero-order valence-corrected chi connectivity index (χ0v) is 15.3. The van der Waals surface area contributed by atoms with Crippen molar-refractivity contribution in [2.24, 2.45) is 0 Å². The molecule has 0 spiro atoms. The predicted molar refractivity (Wildman–Crippen MR) is 104 cm³/mol. The van der Waals surface area contributed by atoms with E-state index in [9.17, 15) is 9.59 Å². The van der Waals surface area contributed by atoms with E-state index in [1.165, 1.54) is 4.57 Å². The van der Waals surface area contributed by atoms with E-state index in [4.69, 9.17) is 0 Å². The molecule has 3 aromatic heterocycles. The molecule has 8 heteroatoms. The highest BCUT2D eigenvalue weighted by Crippen LogP contribution is 2.32. The fraction of sp³-hybridized carbons (Fsp3) is 0.368. The van der Waals surface area contributed by atoms with Crippen LogP contribution >= 0.6 is 0 Å². The van der Waals surface area contributed by atoms with Crippen LogP contribution in [0.3, 0.4) is 0 Å². The standard InChI is InChI=1S/C19H22N6O2/c1-3-9-20-14-8-5-12(11-21-14)16-22-15-17(23-16)24(10-4-2)19(27)25(18(15)26)13-6-7-13/h3,5,8,11,13H,1,4,6-7,9-10H2,2H3,(H,20,21)(H,22,23)/p+1. The first-order valence-corrected chi connectivity index (χ1v) is 9.25. The van der Waals surface area contributed by atoms with Crippen LogP contribution in [-0.2, 0) is 6.54 Å². The van der Waals surface area contributed by atoms with Gasteiger partial charge in [0.15, 0.2) is 0 Å². The second-order valence-electron chi connectivity index (χ2n) is 6.79. The van der Waals surface area contributed by atoms with Crippen molar-refractivity contribution in [3.63, 3.8) is 0 Å². The number of hydrogen-bond acceptors (Lipinski definition) is 4. The van der Waals surface area contributed by atoms with Gasteiger partial charge in [0.25, 0.3) is 5.65 Å². The Labute approximate surface area is 155 Å². The summed E-state index contributed by atoms with van der Waals surface area (Å²) >= 11 is 0. The molecule has 1 aliphatic rings. The van der Waals surface area contributed by atoms with Crippen LogP contribution in [0.2, 0.25) is 0 Å². The summed E-state index contributed by atoms with van der Waals surface area (Å²) in [5.41, 5.74) is 1.28. The van der Waals surface area contributed by atoms with Gasteiger partial charge in [-0.2, -0.15) is 0 Å². The van der Waals surface area contributed by atoms with Crippen molar-refractivity contribution < 1.29 is 4.98 Å². The van der Waals surface area contributed by atoms with E-state index in [0.717, 1.165) is 30.6 Å². The summed E-state index contributed by atoms with van der Waals surface area (Å²) in [5, 5.41) is 3.12. The Balaban J connectivity index is 1.83. The van der Waals surface area contributed by atoms with Gasteiger partial charge in [0.05, 0.1) is 12.1 Å². The summed E-state index contributed by atoms with van der Waals surface area (Å²) in [6, 6.07) is 3.79. The van der Waals surface area contributed by atoms with Crippen molar-refractivity contribution in [2.45, 2.75) is 38.8 Å². The monoisotopic (exact) mass is 367 g/mol. The summed E-state index contributed by atoms with van der Waals surface area (Å²) in [4.78, 5) is 36.4. The van der Waals surface area contributed by atoms with E-state index in [1.807, 2.05) is 19.1 Å². The number of aryl methyl sites for hydroxylation is 1. The summed E-state index contributed by atoms with van der Waals surface area (Å²) < 4.78 is 3.05. The second kappa shape index (κ2) is 6.86. The third-order valence-corrected chi connectivity index (χ3v) is 4.71. The first-order valence-electron chi connectivity index (χ1n) is 9.25. The lowest BCUT2D eigenvalue weighted by atomic mass is 10.2.